The SMILES string of the molecule is C.Cc1cccc(N)c1.Nc1ccccc1.Nc1ccncc1. The lowest BCUT2D eigenvalue weighted by molar-refractivity contribution is 1.33. The van der Waals surface area contributed by atoms with Crippen LogP contribution < -0.4 is 17.2 Å². The number of nitrogens with zero attached hydrogens (tertiary/aromatic N) is 1. The molecule has 4 heteroatoms. The monoisotopic (exact) mass is 310 g/mol. The van der Waals surface area contributed by atoms with E-state index in [1.165, 1.54) is 5.56 Å². The molecule has 3 rings (SSSR count). The van der Waals surface area contributed by atoms with Crippen LogP contribution in [0.2, 0.25) is 0 Å². The molecule has 23 heavy (non-hydrogen) atoms. The van der Waals surface area contributed by atoms with Crippen LogP contribution in [0, 0.1) is 6.92 Å². The highest BCUT2D eigenvalue weighted by atomic mass is 14.6. The van der Waals surface area contributed by atoms with Crippen LogP contribution in [0.1, 0.15) is 13.0 Å². The average Bonchev–Trinajstić information content (AvgIpc) is 2.50. The lowest BCUT2D eigenvalue weighted by Gasteiger charge is -1.91. The van der Waals surface area contributed by atoms with Crippen molar-refractivity contribution in [2.75, 3.05) is 17.2 Å². The maximum absolute atomic E-state index is 5.46. The van der Waals surface area contributed by atoms with E-state index in [1.807, 2.05) is 61.5 Å². The minimum Gasteiger partial charge on any atom is -0.399 e. The largest absolute Gasteiger partial charge is 0.399 e. The molecule has 0 radical (unpaired) electrons. The summed E-state index contributed by atoms with van der Waals surface area (Å²) >= 11 is 0. The van der Waals surface area contributed by atoms with Crippen LogP contribution in [-0.2, 0) is 0 Å². The van der Waals surface area contributed by atoms with Gasteiger partial charge in [0.15, 0.2) is 0 Å². The second kappa shape index (κ2) is 11.6. The zero-order chi connectivity index (χ0) is 16.2. The lowest BCUT2D eigenvalue weighted by Crippen LogP contribution is -1.82. The number of aryl methyl sites for hydroxylation is 1. The number of nitrogens with two attached hydrogens (primary N) is 3. The van der Waals surface area contributed by atoms with Crippen molar-refractivity contribution >= 4 is 17.1 Å². The van der Waals surface area contributed by atoms with E-state index < -0.39 is 0 Å². The Hall–Kier alpha value is -3.01. The van der Waals surface area contributed by atoms with Gasteiger partial charge in [-0.3, -0.25) is 4.98 Å². The minimum atomic E-state index is 0. The fourth-order valence-electron chi connectivity index (χ4n) is 1.49. The second-order valence-electron chi connectivity index (χ2n) is 4.61. The third-order valence-electron chi connectivity index (χ3n) is 2.55. The number of para-hydroxylation sites is 1. The highest BCUT2D eigenvalue weighted by Gasteiger charge is 1.81. The summed E-state index contributed by atoms with van der Waals surface area (Å²) in [6.07, 6.45) is 3.32. The average molecular weight is 310 g/mol. The topological polar surface area (TPSA) is 91.0 Å². The van der Waals surface area contributed by atoms with Gasteiger partial charge in [0, 0.05) is 29.5 Å². The summed E-state index contributed by atoms with van der Waals surface area (Å²) in [5.74, 6) is 0. The number of pyridine rings is 1. The molecule has 0 saturated carbocycles. The van der Waals surface area contributed by atoms with E-state index in [9.17, 15) is 0 Å². The third-order valence-corrected chi connectivity index (χ3v) is 2.55. The van der Waals surface area contributed by atoms with Crippen LogP contribution in [0.4, 0.5) is 17.1 Å². The molecule has 0 aliphatic heterocycles. The molecule has 4 nitrogen and oxygen atoms in total. The van der Waals surface area contributed by atoms with Crippen molar-refractivity contribution in [3.05, 3.63) is 84.7 Å². The molecule has 0 saturated heterocycles. The van der Waals surface area contributed by atoms with Crippen LogP contribution in [0.15, 0.2) is 79.1 Å². The van der Waals surface area contributed by atoms with Gasteiger partial charge in [0.1, 0.15) is 0 Å². The number of hydrogen-bond acceptors (Lipinski definition) is 4. The van der Waals surface area contributed by atoms with Crippen molar-refractivity contribution in [1.29, 1.82) is 0 Å². The van der Waals surface area contributed by atoms with Gasteiger partial charge in [-0.15, -0.1) is 0 Å². The van der Waals surface area contributed by atoms with E-state index in [1.54, 1.807) is 24.5 Å². The molecule has 2 aromatic carbocycles. The molecule has 0 aliphatic rings. The summed E-state index contributed by atoms with van der Waals surface area (Å²) in [7, 11) is 0. The molecule has 0 fully saturated rings. The van der Waals surface area contributed by atoms with Gasteiger partial charge in [-0.05, 0) is 48.9 Å². The Kier molecular flexibility index (Phi) is 10.1. The van der Waals surface area contributed by atoms with Gasteiger partial charge in [-0.1, -0.05) is 37.8 Å². The number of nitrogen functional groups attached to an aromatic ring is 3. The van der Waals surface area contributed by atoms with Gasteiger partial charge in [0.05, 0.1) is 0 Å². The van der Waals surface area contributed by atoms with E-state index in [4.69, 9.17) is 17.2 Å². The molecular weight excluding hydrogens is 284 g/mol. The highest BCUT2D eigenvalue weighted by molar-refractivity contribution is 5.39. The second-order valence-corrected chi connectivity index (χ2v) is 4.61. The Morgan fingerprint density at radius 2 is 1.17 bits per heavy atom. The Bertz CT molecular complexity index is 585. The predicted octanol–water partition coefficient (Wildman–Crippen LogP) is 4.15. The summed E-state index contributed by atoms with van der Waals surface area (Å²) in [4.78, 5) is 3.77. The molecule has 0 aliphatic carbocycles. The maximum Gasteiger partial charge on any atom is 0.0344 e. The van der Waals surface area contributed by atoms with Crippen LogP contribution in [0.3, 0.4) is 0 Å². The summed E-state index contributed by atoms with van der Waals surface area (Å²) < 4.78 is 0. The molecule has 0 spiro atoms. The predicted molar refractivity (Wildman–Crippen MR) is 102 cm³/mol. The van der Waals surface area contributed by atoms with E-state index in [0.717, 1.165) is 17.1 Å². The van der Waals surface area contributed by atoms with E-state index >= 15 is 0 Å². The van der Waals surface area contributed by atoms with Gasteiger partial charge in [0.2, 0.25) is 0 Å². The standard InChI is InChI=1S/C7H9N.C6H7N.C5H6N2.CH4/c1-6-3-2-4-7(8)5-6;7-6-4-2-1-3-5-6;6-5-1-3-7-4-2-5;/h2-5H,8H2,1H3;1-5H,7H2;1-4H,(H2,6,7);1H4. The quantitative estimate of drug-likeness (QED) is 0.544. The van der Waals surface area contributed by atoms with Crippen molar-refractivity contribution < 1.29 is 0 Å². The van der Waals surface area contributed by atoms with Gasteiger partial charge < -0.3 is 17.2 Å². The molecule has 6 N–H and O–H groups in total. The number of rotatable bonds is 0. The van der Waals surface area contributed by atoms with Crippen molar-refractivity contribution in [3.8, 4) is 0 Å². The molecule has 122 valence electrons. The molecule has 1 aromatic heterocycles. The lowest BCUT2D eigenvalue weighted by atomic mass is 10.2. The molecule has 3 aromatic rings. The van der Waals surface area contributed by atoms with Crippen molar-refractivity contribution in [2.24, 2.45) is 0 Å². The number of hydrogen-bond donors (Lipinski definition) is 3. The summed E-state index contributed by atoms with van der Waals surface area (Å²) in [5.41, 5.74) is 19.8. The summed E-state index contributed by atoms with van der Waals surface area (Å²) in [6.45, 7) is 2.02. The Morgan fingerprint density at radius 3 is 1.48 bits per heavy atom. The molecular formula is C19H26N4. The summed E-state index contributed by atoms with van der Waals surface area (Å²) in [6, 6.07) is 20.8. The fourth-order valence-corrected chi connectivity index (χ4v) is 1.49. The molecule has 0 atom stereocenters. The number of benzene rings is 2. The molecule has 0 unspecified atom stereocenters. The van der Waals surface area contributed by atoms with Crippen molar-refractivity contribution in [2.45, 2.75) is 14.4 Å². The zero-order valence-corrected chi connectivity index (χ0v) is 12.7. The van der Waals surface area contributed by atoms with E-state index in [0.29, 0.717) is 0 Å². The smallest absolute Gasteiger partial charge is 0.0344 e. The third kappa shape index (κ3) is 10.4. The first-order valence-electron chi connectivity index (χ1n) is 6.86. The van der Waals surface area contributed by atoms with E-state index in [-0.39, 0.29) is 7.43 Å². The normalized spacial score (nSPS) is 8.39. The molecule has 1 heterocycles. The Balaban J connectivity index is 0.000000310. The number of aromatic nitrogens is 1. The Labute approximate surface area is 139 Å². The minimum absolute atomic E-state index is 0. The van der Waals surface area contributed by atoms with Crippen molar-refractivity contribution in [1.82, 2.24) is 4.98 Å². The van der Waals surface area contributed by atoms with Gasteiger partial charge in [-0.2, -0.15) is 0 Å². The van der Waals surface area contributed by atoms with Crippen LogP contribution in [0.5, 0.6) is 0 Å². The first-order valence-corrected chi connectivity index (χ1v) is 6.86. The highest BCUT2D eigenvalue weighted by Crippen LogP contribution is 2.03. The first-order chi connectivity index (χ1) is 10.6. The van der Waals surface area contributed by atoms with E-state index in [2.05, 4.69) is 4.98 Å². The van der Waals surface area contributed by atoms with Crippen molar-refractivity contribution in [3.63, 3.8) is 0 Å². The maximum atomic E-state index is 5.46. The van der Waals surface area contributed by atoms with Crippen LogP contribution in [0.25, 0.3) is 0 Å². The van der Waals surface area contributed by atoms with Gasteiger partial charge in [-0.25, -0.2) is 0 Å². The van der Waals surface area contributed by atoms with Gasteiger partial charge >= 0.3 is 0 Å². The summed E-state index contributed by atoms with van der Waals surface area (Å²) in [5, 5.41) is 0. The molecule has 0 amide bonds. The zero-order valence-electron chi connectivity index (χ0n) is 12.7. The first kappa shape index (κ1) is 20.0. The van der Waals surface area contributed by atoms with Crippen LogP contribution in [-0.4, -0.2) is 4.98 Å². The molecule has 0 bridgehead atoms. The number of anilines is 3. The Morgan fingerprint density at radius 1 is 0.652 bits per heavy atom. The van der Waals surface area contributed by atoms with Crippen LogP contribution >= 0.6 is 0 Å². The van der Waals surface area contributed by atoms with Gasteiger partial charge in [0.25, 0.3) is 0 Å². The fraction of sp³-hybridized carbons (Fsp3) is 0.105.